The van der Waals surface area contributed by atoms with Crippen LogP contribution >= 0.6 is 39.5 Å². The minimum Gasteiger partial charge on any atom is -0.385 e. The second-order valence-corrected chi connectivity index (χ2v) is 8.45. The molecule has 0 aliphatic carbocycles. The van der Waals surface area contributed by atoms with Crippen LogP contribution in [-0.2, 0) is 4.74 Å². The van der Waals surface area contributed by atoms with Crippen molar-refractivity contribution in [2.45, 2.75) is 45.4 Å². The second kappa shape index (κ2) is 7.97. The molecular formula is C18H20BrNOS2. The van der Waals surface area contributed by atoms with Crippen LogP contribution in [0.15, 0.2) is 60.5 Å². The first kappa shape index (κ1) is 17.2. The molecule has 0 fully saturated rings. The van der Waals surface area contributed by atoms with Crippen LogP contribution in [0.25, 0.3) is 0 Å². The number of ether oxygens (including phenoxy) is 1. The molecule has 1 atom stereocenters. The van der Waals surface area contributed by atoms with Gasteiger partial charge < -0.3 is 10.1 Å². The lowest BCUT2D eigenvalue weighted by atomic mass is 10.1. The number of methoxy groups -OCH3 is 1. The van der Waals surface area contributed by atoms with Gasteiger partial charge in [-0.2, -0.15) is 0 Å². The van der Waals surface area contributed by atoms with Crippen LogP contribution in [0, 0.1) is 0 Å². The van der Waals surface area contributed by atoms with E-state index in [-0.39, 0.29) is 0 Å². The van der Waals surface area contributed by atoms with Gasteiger partial charge in [0, 0.05) is 49.5 Å². The van der Waals surface area contributed by atoms with Gasteiger partial charge in [-0.15, -0.1) is 0 Å². The van der Waals surface area contributed by atoms with E-state index in [9.17, 15) is 0 Å². The van der Waals surface area contributed by atoms with E-state index >= 15 is 0 Å². The van der Waals surface area contributed by atoms with Crippen molar-refractivity contribution in [2.24, 2.45) is 0 Å². The first-order chi connectivity index (χ1) is 11.2. The number of fused-ring (bicyclic) bond motifs is 2. The Morgan fingerprint density at radius 2 is 2.00 bits per heavy atom. The van der Waals surface area contributed by atoms with Gasteiger partial charge in [-0.25, -0.2) is 0 Å². The van der Waals surface area contributed by atoms with Gasteiger partial charge in [-0.1, -0.05) is 36.5 Å². The van der Waals surface area contributed by atoms with E-state index in [4.69, 9.17) is 4.74 Å². The Hall–Kier alpha value is -0.620. The quantitative estimate of drug-likeness (QED) is 0.515. The standard InChI is InChI=1S/C18H20BrNOS2/c1-3-12(9-10-21-2)20-13-7-8-15-17(11-13)22-16-6-4-5-14(19)18(16)23-15/h4-8,11-12,20H,3,9-10H2,1-2H3/t12-/m0/s1. The summed E-state index contributed by atoms with van der Waals surface area (Å²) in [6.45, 7) is 3.01. The van der Waals surface area contributed by atoms with Crippen LogP contribution in [0.1, 0.15) is 19.8 Å². The third kappa shape index (κ3) is 4.08. The maximum Gasteiger partial charge on any atom is 0.0481 e. The van der Waals surface area contributed by atoms with E-state index in [1.54, 1.807) is 7.11 Å². The Morgan fingerprint density at radius 1 is 1.13 bits per heavy atom. The summed E-state index contributed by atoms with van der Waals surface area (Å²) in [6.07, 6.45) is 2.12. The SMILES string of the molecule is CC[C@@H](CCOC)Nc1ccc2c(c1)Sc1cccc(Br)c1S2. The molecular weight excluding hydrogens is 390 g/mol. The minimum atomic E-state index is 0.454. The normalized spacial score (nSPS) is 14.0. The van der Waals surface area contributed by atoms with Crippen molar-refractivity contribution in [2.75, 3.05) is 19.0 Å². The molecule has 0 bridgehead atoms. The third-order valence-corrected chi connectivity index (χ3v) is 7.36. The molecule has 0 saturated carbocycles. The van der Waals surface area contributed by atoms with Gasteiger partial charge in [0.25, 0.3) is 0 Å². The summed E-state index contributed by atoms with van der Waals surface area (Å²) in [5.41, 5.74) is 1.19. The molecule has 0 radical (unpaired) electrons. The average molecular weight is 410 g/mol. The Kier molecular flexibility index (Phi) is 5.96. The highest BCUT2D eigenvalue weighted by Gasteiger charge is 2.19. The van der Waals surface area contributed by atoms with Crippen molar-refractivity contribution < 1.29 is 4.74 Å². The first-order valence-electron chi connectivity index (χ1n) is 7.75. The lowest BCUT2D eigenvalue weighted by molar-refractivity contribution is 0.189. The topological polar surface area (TPSA) is 21.3 Å². The fourth-order valence-corrected chi connectivity index (χ4v) is 5.56. The second-order valence-electron chi connectivity index (χ2n) is 5.46. The summed E-state index contributed by atoms with van der Waals surface area (Å²) in [5.74, 6) is 0. The Morgan fingerprint density at radius 3 is 2.78 bits per heavy atom. The average Bonchev–Trinajstić information content (AvgIpc) is 2.57. The van der Waals surface area contributed by atoms with E-state index in [1.807, 2.05) is 23.5 Å². The van der Waals surface area contributed by atoms with E-state index in [1.165, 1.54) is 29.7 Å². The van der Waals surface area contributed by atoms with Crippen LogP contribution in [-0.4, -0.2) is 19.8 Å². The Bertz CT molecular complexity index is 693. The molecule has 2 nitrogen and oxygen atoms in total. The van der Waals surface area contributed by atoms with Crippen molar-refractivity contribution in [3.8, 4) is 0 Å². The molecule has 2 aromatic rings. The van der Waals surface area contributed by atoms with E-state index in [2.05, 4.69) is 64.6 Å². The maximum atomic E-state index is 5.20. The molecule has 0 saturated heterocycles. The molecule has 1 aliphatic rings. The zero-order chi connectivity index (χ0) is 16.2. The van der Waals surface area contributed by atoms with Crippen LogP contribution in [0.5, 0.6) is 0 Å². The van der Waals surface area contributed by atoms with Crippen molar-refractivity contribution >= 4 is 45.1 Å². The van der Waals surface area contributed by atoms with Gasteiger partial charge in [-0.3, -0.25) is 0 Å². The Balaban J connectivity index is 1.78. The molecule has 0 amide bonds. The van der Waals surface area contributed by atoms with Gasteiger partial charge in [0.2, 0.25) is 0 Å². The van der Waals surface area contributed by atoms with Crippen LogP contribution in [0.2, 0.25) is 0 Å². The van der Waals surface area contributed by atoms with Gasteiger partial charge in [0.05, 0.1) is 0 Å². The summed E-state index contributed by atoms with van der Waals surface area (Å²) in [5, 5.41) is 3.64. The molecule has 1 N–H and O–H groups in total. The molecule has 0 unspecified atom stereocenters. The number of hydrogen-bond acceptors (Lipinski definition) is 4. The van der Waals surface area contributed by atoms with Crippen LogP contribution in [0.3, 0.4) is 0 Å². The molecule has 23 heavy (non-hydrogen) atoms. The van der Waals surface area contributed by atoms with Crippen molar-refractivity contribution in [3.63, 3.8) is 0 Å². The summed E-state index contributed by atoms with van der Waals surface area (Å²) in [4.78, 5) is 5.29. The van der Waals surface area contributed by atoms with E-state index in [0.29, 0.717) is 6.04 Å². The fourth-order valence-electron chi connectivity index (χ4n) is 2.53. The predicted octanol–water partition coefficient (Wildman–Crippen LogP) is 6.29. The Labute approximate surface area is 154 Å². The van der Waals surface area contributed by atoms with Crippen molar-refractivity contribution in [1.82, 2.24) is 0 Å². The van der Waals surface area contributed by atoms with Crippen molar-refractivity contribution in [3.05, 3.63) is 40.9 Å². The number of benzene rings is 2. The number of anilines is 1. The largest absolute Gasteiger partial charge is 0.385 e. The number of halogens is 1. The highest BCUT2D eigenvalue weighted by molar-refractivity contribution is 9.10. The molecule has 2 aromatic carbocycles. The van der Waals surface area contributed by atoms with Gasteiger partial charge in [0.15, 0.2) is 0 Å². The zero-order valence-corrected chi connectivity index (χ0v) is 16.5. The minimum absolute atomic E-state index is 0.454. The van der Waals surface area contributed by atoms with E-state index in [0.717, 1.165) is 19.4 Å². The predicted molar refractivity (Wildman–Crippen MR) is 103 cm³/mol. The molecule has 122 valence electrons. The highest BCUT2D eigenvalue weighted by atomic mass is 79.9. The number of hydrogen-bond donors (Lipinski definition) is 1. The smallest absolute Gasteiger partial charge is 0.0481 e. The van der Waals surface area contributed by atoms with Gasteiger partial charge in [-0.05, 0) is 59.1 Å². The molecule has 5 heteroatoms. The lowest BCUT2D eigenvalue weighted by Gasteiger charge is -2.22. The molecule has 1 heterocycles. The first-order valence-corrected chi connectivity index (χ1v) is 10.2. The number of rotatable bonds is 6. The molecule has 1 aliphatic heterocycles. The third-order valence-electron chi connectivity index (χ3n) is 3.84. The molecule has 3 rings (SSSR count). The lowest BCUT2D eigenvalue weighted by Crippen LogP contribution is -2.20. The summed E-state index contributed by atoms with van der Waals surface area (Å²) >= 11 is 7.34. The molecule has 0 aromatic heterocycles. The highest BCUT2D eigenvalue weighted by Crippen LogP contribution is 2.51. The fraction of sp³-hybridized carbons (Fsp3) is 0.333. The monoisotopic (exact) mass is 409 g/mol. The summed E-state index contributed by atoms with van der Waals surface area (Å²) in [6, 6.07) is 13.5. The molecule has 0 spiro atoms. The van der Waals surface area contributed by atoms with Crippen LogP contribution in [0.4, 0.5) is 5.69 Å². The summed E-state index contributed by atoms with van der Waals surface area (Å²) < 4.78 is 6.37. The van der Waals surface area contributed by atoms with Crippen molar-refractivity contribution in [1.29, 1.82) is 0 Å². The maximum absolute atomic E-state index is 5.20. The summed E-state index contributed by atoms with van der Waals surface area (Å²) in [7, 11) is 1.76. The zero-order valence-electron chi connectivity index (χ0n) is 13.3. The number of nitrogens with one attached hydrogen (secondary N) is 1. The van der Waals surface area contributed by atoms with Crippen LogP contribution < -0.4 is 5.32 Å². The van der Waals surface area contributed by atoms with Gasteiger partial charge in [0.1, 0.15) is 0 Å². The van der Waals surface area contributed by atoms with Gasteiger partial charge >= 0.3 is 0 Å². The van der Waals surface area contributed by atoms with E-state index < -0.39 is 0 Å².